The second kappa shape index (κ2) is 8.76. The van der Waals surface area contributed by atoms with Gasteiger partial charge in [0, 0.05) is 13.2 Å². The van der Waals surface area contributed by atoms with E-state index in [-0.39, 0.29) is 23.8 Å². The molecule has 22 heavy (non-hydrogen) atoms. The number of nitrogens with one attached hydrogen (secondary N) is 2. The van der Waals surface area contributed by atoms with Gasteiger partial charge in [0.15, 0.2) is 0 Å². The average molecular weight is 327 g/mol. The Hall–Kier alpha value is -1.59. The van der Waals surface area contributed by atoms with Crippen LogP contribution in [0.3, 0.4) is 0 Å². The molecule has 0 aliphatic rings. The van der Waals surface area contributed by atoms with Crippen molar-refractivity contribution in [3.8, 4) is 0 Å². The smallest absolute Gasteiger partial charge is 0.253 e. The molecule has 2 unspecified atom stereocenters. The Morgan fingerprint density at radius 1 is 1.18 bits per heavy atom. The first-order valence-electron chi connectivity index (χ1n) is 7.21. The van der Waals surface area contributed by atoms with Crippen LogP contribution in [0.25, 0.3) is 0 Å². The highest BCUT2D eigenvalue weighted by molar-refractivity contribution is 6.33. The third kappa shape index (κ3) is 5.31. The predicted molar refractivity (Wildman–Crippen MR) is 87.0 cm³/mol. The zero-order valence-electron chi connectivity index (χ0n) is 13.4. The van der Waals surface area contributed by atoms with Gasteiger partial charge in [0.2, 0.25) is 5.91 Å². The molecular weight excluding hydrogens is 304 g/mol. The highest BCUT2D eigenvalue weighted by Gasteiger charge is 2.26. The maximum absolute atomic E-state index is 12.3. The first kappa shape index (κ1) is 18.5. The summed E-state index contributed by atoms with van der Waals surface area (Å²) in [5, 5.41) is 5.92. The lowest BCUT2D eigenvalue weighted by atomic mass is 10.0. The van der Waals surface area contributed by atoms with Crippen molar-refractivity contribution in [3.05, 3.63) is 34.9 Å². The molecular formula is C16H23ClN2O3. The van der Waals surface area contributed by atoms with Gasteiger partial charge in [-0.15, -0.1) is 0 Å². The lowest BCUT2D eigenvalue weighted by molar-refractivity contribution is -0.124. The second-order valence-electron chi connectivity index (χ2n) is 5.54. The van der Waals surface area contributed by atoms with Gasteiger partial charge in [0.25, 0.3) is 5.91 Å². The van der Waals surface area contributed by atoms with E-state index in [1.54, 1.807) is 31.4 Å². The quantitative estimate of drug-likeness (QED) is 0.807. The van der Waals surface area contributed by atoms with Crippen molar-refractivity contribution in [2.45, 2.75) is 32.9 Å². The number of hydrogen-bond acceptors (Lipinski definition) is 3. The van der Waals surface area contributed by atoms with Crippen LogP contribution in [0.5, 0.6) is 0 Å². The van der Waals surface area contributed by atoms with Crippen LogP contribution in [0.4, 0.5) is 0 Å². The van der Waals surface area contributed by atoms with E-state index in [0.29, 0.717) is 17.2 Å². The van der Waals surface area contributed by atoms with Crippen molar-refractivity contribution >= 4 is 23.4 Å². The number of methoxy groups -OCH3 is 1. The lowest BCUT2D eigenvalue weighted by Gasteiger charge is -2.24. The fourth-order valence-corrected chi connectivity index (χ4v) is 2.25. The molecule has 0 fully saturated rings. The maximum Gasteiger partial charge on any atom is 0.253 e. The molecule has 5 nitrogen and oxygen atoms in total. The first-order chi connectivity index (χ1) is 10.4. The first-order valence-corrected chi connectivity index (χ1v) is 7.59. The fraction of sp³-hybridized carbons (Fsp3) is 0.500. The van der Waals surface area contributed by atoms with Gasteiger partial charge in [0.05, 0.1) is 17.2 Å². The van der Waals surface area contributed by atoms with Gasteiger partial charge in [-0.2, -0.15) is 0 Å². The Morgan fingerprint density at radius 2 is 1.82 bits per heavy atom. The molecule has 0 aromatic heterocycles. The van der Waals surface area contributed by atoms with E-state index in [9.17, 15) is 9.59 Å². The van der Waals surface area contributed by atoms with Crippen LogP contribution in [0.15, 0.2) is 24.3 Å². The molecule has 2 amide bonds. The van der Waals surface area contributed by atoms with Crippen molar-refractivity contribution < 1.29 is 14.3 Å². The molecule has 2 N–H and O–H groups in total. The van der Waals surface area contributed by atoms with E-state index in [1.165, 1.54) is 0 Å². The molecule has 1 aromatic rings. The Kier molecular flexibility index (Phi) is 7.35. The van der Waals surface area contributed by atoms with E-state index in [1.807, 2.05) is 20.8 Å². The van der Waals surface area contributed by atoms with Crippen molar-refractivity contribution in [2.24, 2.45) is 5.92 Å². The number of carbonyl (C=O) groups excluding carboxylic acids is 2. The highest BCUT2D eigenvalue weighted by atomic mass is 35.5. The maximum atomic E-state index is 12.3. The van der Waals surface area contributed by atoms with Crippen LogP contribution in [0, 0.1) is 5.92 Å². The summed E-state index contributed by atoms with van der Waals surface area (Å²) < 4.78 is 4.99. The number of carbonyl (C=O) groups is 2. The Labute approximate surface area is 136 Å². The van der Waals surface area contributed by atoms with Gasteiger partial charge in [-0.1, -0.05) is 37.6 Å². The van der Waals surface area contributed by atoms with Gasteiger partial charge in [-0.3, -0.25) is 9.59 Å². The summed E-state index contributed by atoms with van der Waals surface area (Å²) >= 11 is 6.01. The molecule has 6 heteroatoms. The van der Waals surface area contributed by atoms with E-state index in [4.69, 9.17) is 16.3 Å². The minimum atomic E-state index is -0.636. The van der Waals surface area contributed by atoms with Gasteiger partial charge >= 0.3 is 0 Å². The minimum Gasteiger partial charge on any atom is -0.383 e. The normalized spacial score (nSPS) is 13.5. The van der Waals surface area contributed by atoms with E-state index in [2.05, 4.69) is 10.6 Å². The van der Waals surface area contributed by atoms with Crippen LogP contribution in [-0.2, 0) is 9.53 Å². The molecule has 0 aliphatic heterocycles. The van der Waals surface area contributed by atoms with Crippen LogP contribution in [-0.4, -0.2) is 37.6 Å². The molecule has 0 saturated heterocycles. The largest absolute Gasteiger partial charge is 0.383 e. The van der Waals surface area contributed by atoms with Crippen LogP contribution in [0.1, 0.15) is 31.1 Å². The lowest BCUT2D eigenvalue weighted by Crippen LogP contribution is -2.52. The summed E-state index contributed by atoms with van der Waals surface area (Å²) in [7, 11) is 1.57. The van der Waals surface area contributed by atoms with E-state index < -0.39 is 6.04 Å². The van der Waals surface area contributed by atoms with Crippen molar-refractivity contribution in [2.75, 3.05) is 13.7 Å². The monoisotopic (exact) mass is 326 g/mol. The zero-order chi connectivity index (χ0) is 16.7. The molecule has 0 heterocycles. The molecule has 0 bridgehead atoms. The summed E-state index contributed by atoms with van der Waals surface area (Å²) in [5.74, 6) is -0.653. The van der Waals surface area contributed by atoms with E-state index >= 15 is 0 Å². The molecule has 2 atom stereocenters. The fourth-order valence-electron chi connectivity index (χ4n) is 2.02. The van der Waals surface area contributed by atoms with Crippen LogP contribution < -0.4 is 10.6 Å². The molecule has 122 valence electrons. The van der Waals surface area contributed by atoms with Crippen molar-refractivity contribution in [1.82, 2.24) is 10.6 Å². The van der Waals surface area contributed by atoms with Gasteiger partial charge in [0.1, 0.15) is 6.04 Å². The number of halogens is 1. The van der Waals surface area contributed by atoms with Crippen molar-refractivity contribution in [3.63, 3.8) is 0 Å². The Bertz CT molecular complexity index is 520. The number of benzene rings is 1. The van der Waals surface area contributed by atoms with Crippen LogP contribution >= 0.6 is 11.6 Å². The molecule has 1 rings (SSSR count). The minimum absolute atomic E-state index is 0.0545. The zero-order valence-corrected chi connectivity index (χ0v) is 14.1. The number of amides is 2. The summed E-state index contributed by atoms with van der Waals surface area (Å²) in [6.45, 7) is 6.00. The molecule has 1 aromatic carbocycles. The second-order valence-corrected chi connectivity index (χ2v) is 5.95. The van der Waals surface area contributed by atoms with Gasteiger partial charge in [-0.05, 0) is 25.0 Å². The standard InChI is InChI=1S/C16H23ClN2O3/c1-10(2)14(16(21)18-11(3)9-22-4)19-15(20)12-7-5-6-8-13(12)17/h5-8,10-11,14H,9H2,1-4H3,(H,18,21)(H,19,20). The van der Waals surface area contributed by atoms with Crippen LogP contribution in [0.2, 0.25) is 5.02 Å². The summed E-state index contributed by atoms with van der Waals surface area (Å²) in [5.41, 5.74) is 0.354. The molecule has 0 aliphatic carbocycles. The highest BCUT2D eigenvalue weighted by Crippen LogP contribution is 2.15. The van der Waals surface area contributed by atoms with Gasteiger partial charge < -0.3 is 15.4 Å². The average Bonchev–Trinajstić information content (AvgIpc) is 2.44. The molecule has 0 saturated carbocycles. The molecule has 0 radical (unpaired) electrons. The van der Waals surface area contributed by atoms with Gasteiger partial charge in [-0.25, -0.2) is 0 Å². The number of ether oxygens (including phenoxy) is 1. The predicted octanol–water partition coefficient (Wildman–Crippen LogP) is 2.25. The van der Waals surface area contributed by atoms with Crippen molar-refractivity contribution in [1.29, 1.82) is 0 Å². The SMILES string of the molecule is COCC(C)NC(=O)C(NC(=O)c1ccccc1Cl)C(C)C. The summed E-state index contributed by atoms with van der Waals surface area (Å²) in [4.78, 5) is 24.6. The summed E-state index contributed by atoms with van der Waals surface area (Å²) in [6, 6.07) is 5.98. The topological polar surface area (TPSA) is 67.4 Å². The molecule has 0 spiro atoms. The Morgan fingerprint density at radius 3 is 2.36 bits per heavy atom. The van der Waals surface area contributed by atoms with E-state index in [0.717, 1.165) is 0 Å². The Balaban J connectivity index is 2.78. The third-order valence-corrected chi connectivity index (χ3v) is 3.49. The number of rotatable bonds is 7. The summed E-state index contributed by atoms with van der Waals surface area (Å²) in [6.07, 6.45) is 0. The number of hydrogen-bond donors (Lipinski definition) is 2. The third-order valence-electron chi connectivity index (χ3n) is 3.16.